The molecule has 3 fully saturated rings. The molecular formula is C20H25N3O. The van der Waals surface area contributed by atoms with Crippen LogP contribution in [-0.4, -0.2) is 46.4 Å². The molecule has 3 saturated heterocycles. The zero-order valence-corrected chi connectivity index (χ0v) is 14.7. The van der Waals surface area contributed by atoms with Crippen LogP contribution in [0.4, 0.5) is 0 Å². The van der Waals surface area contributed by atoms with E-state index in [2.05, 4.69) is 41.9 Å². The van der Waals surface area contributed by atoms with E-state index >= 15 is 0 Å². The molecule has 0 aliphatic carbocycles. The summed E-state index contributed by atoms with van der Waals surface area (Å²) in [4.78, 5) is 21.1. The Morgan fingerprint density at radius 1 is 1.29 bits per heavy atom. The number of fused-ring (bicyclic) bond motifs is 1. The molecule has 4 heteroatoms. The first-order valence-electron chi connectivity index (χ1n) is 9.13. The molecule has 0 bridgehead atoms. The fraction of sp³-hybridized carbons (Fsp3) is 0.550. The van der Waals surface area contributed by atoms with E-state index < -0.39 is 0 Å². The number of H-pyrrole nitrogens is 1. The van der Waals surface area contributed by atoms with E-state index in [0.717, 1.165) is 32.4 Å². The third kappa shape index (κ3) is 1.60. The Bertz CT molecular complexity index is 854. The average Bonchev–Trinajstić information content (AvgIpc) is 3.25. The first-order chi connectivity index (χ1) is 11.5. The van der Waals surface area contributed by atoms with Gasteiger partial charge in [-0.3, -0.25) is 9.69 Å². The number of likely N-dealkylation sites (N-methyl/N-ethyl adjacent to an activating group) is 1. The van der Waals surface area contributed by atoms with Crippen LogP contribution in [0.2, 0.25) is 0 Å². The average molecular weight is 323 g/mol. The van der Waals surface area contributed by atoms with Crippen LogP contribution in [0.3, 0.4) is 0 Å². The summed E-state index contributed by atoms with van der Waals surface area (Å²) in [6.45, 7) is 6.35. The van der Waals surface area contributed by atoms with Gasteiger partial charge < -0.3 is 9.88 Å². The molecule has 0 saturated carbocycles. The van der Waals surface area contributed by atoms with Gasteiger partial charge in [-0.2, -0.15) is 0 Å². The van der Waals surface area contributed by atoms with E-state index in [0.29, 0.717) is 17.9 Å². The van der Waals surface area contributed by atoms with Crippen molar-refractivity contribution < 1.29 is 4.79 Å². The van der Waals surface area contributed by atoms with Crippen molar-refractivity contribution in [3.05, 3.63) is 35.0 Å². The quantitative estimate of drug-likeness (QED) is 0.875. The lowest BCUT2D eigenvalue weighted by atomic mass is 9.85. The van der Waals surface area contributed by atoms with Crippen LogP contribution in [0.5, 0.6) is 0 Å². The Hall–Kier alpha value is -1.81. The van der Waals surface area contributed by atoms with E-state index in [1.165, 1.54) is 27.7 Å². The third-order valence-electron chi connectivity index (χ3n) is 6.83. The predicted octanol–water partition coefficient (Wildman–Crippen LogP) is 3.15. The smallest absolute Gasteiger partial charge is 0.243 e. The first-order valence-corrected chi connectivity index (χ1v) is 9.13. The van der Waals surface area contributed by atoms with Crippen molar-refractivity contribution in [3.63, 3.8) is 0 Å². The highest BCUT2D eigenvalue weighted by molar-refractivity contribution is 5.90. The highest BCUT2D eigenvalue weighted by Gasteiger charge is 2.64. The monoisotopic (exact) mass is 323 g/mol. The van der Waals surface area contributed by atoms with Gasteiger partial charge >= 0.3 is 0 Å². The van der Waals surface area contributed by atoms with Crippen molar-refractivity contribution >= 4 is 16.8 Å². The summed E-state index contributed by atoms with van der Waals surface area (Å²) < 4.78 is 0. The van der Waals surface area contributed by atoms with Gasteiger partial charge in [0.2, 0.25) is 5.91 Å². The number of hydrogen-bond acceptors (Lipinski definition) is 2. The van der Waals surface area contributed by atoms with Gasteiger partial charge in [-0.25, -0.2) is 0 Å². The molecule has 1 aromatic carbocycles. The lowest BCUT2D eigenvalue weighted by Crippen LogP contribution is -2.49. The standard InChI is InChI=1S/C20H25N3O/c1-12-5-6-16-15(9-12)13(2)18(21-16)17-10-14-11-22(3)19(24)20(14)7-4-8-23(17)20/h5-6,9,14,17,21H,4,7-8,10-11H2,1-3H3/t14-,17-,20-/m0/s1. The fourth-order valence-corrected chi connectivity index (χ4v) is 5.77. The van der Waals surface area contributed by atoms with Crippen LogP contribution in [0, 0.1) is 19.8 Å². The van der Waals surface area contributed by atoms with Crippen LogP contribution in [0.15, 0.2) is 18.2 Å². The molecule has 0 radical (unpaired) electrons. The van der Waals surface area contributed by atoms with Gasteiger partial charge in [-0.15, -0.1) is 0 Å². The maximum absolute atomic E-state index is 12.9. The van der Waals surface area contributed by atoms with E-state index in [4.69, 9.17) is 0 Å². The van der Waals surface area contributed by atoms with Gasteiger partial charge in [-0.05, 0) is 57.4 Å². The van der Waals surface area contributed by atoms with Gasteiger partial charge in [0, 0.05) is 36.1 Å². The van der Waals surface area contributed by atoms with Gasteiger partial charge in [0.15, 0.2) is 0 Å². The third-order valence-corrected chi connectivity index (χ3v) is 6.83. The second-order valence-corrected chi connectivity index (χ2v) is 8.07. The van der Waals surface area contributed by atoms with Crippen molar-refractivity contribution in [1.29, 1.82) is 0 Å². The molecule has 3 aliphatic rings. The number of likely N-dealkylation sites (tertiary alicyclic amines) is 1. The number of aryl methyl sites for hydroxylation is 2. The summed E-state index contributed by atoms with van der Waals surface area (Å²) in [5.74, 6) is 0.840. The van der Waals surface area contributed by atoms with Crippen LogP contribution < -0.4 is 0 Å². The molecule has 1 amide bonds. The molecule has 126 valence electrons. The minimum absolute atomic E-state index is 0.209. The maximum atomic E-state index is 12.9. The number of nitrogens with one attached hydrogen (secondary N) is 1. The van der Waals surface area contributed by atoms with Crippen LogP contribution in [0.25, 0.3) is 10.9 Å². The summed E-state index contributed by atoms with van der Waals surface area (Å²) in [6, 6.07) is 7.00. The molecule has 4 heterocycles. The minimum Gasteiger partial charge on any atom is -0.357 e. The number of aromatic nitrogens is 1. The van der Waals surface area contributed by atoms with Gasteiger partial charge in [0.25, 0.3) is 0 Å². The normalized spacial score (nSPS) is 32.8. The molecule has 1 spiro atoms. The van der Waals surface area contributed by atoms with Gasteiger partial charge in [0.1, 0.15) is 5.54 Å². The number of carbonyl (C=O) groups is 1. The Kier molecular flexibility index (Phi) is 2.80. The number of rotatable bonds is 1. The highest BCUT2D eigenvalue weighted by atomic mass is 16.2. The molecule has 3 atom stereocenters. The predicted molar refractivity (Wildman–Crippen MR) is 94.9 cm³/mol. The Morgan fingerprint density at radius 2 is 2.12 bits per heavy atom. The van der Waals surface area contributed by atoms with Crippen LogP contribution in [0.1, 0.15) is 42.1 Å². The zero-order chi connectivity index (χ0) is 16.6. The van der Waals surface area contributed by atoms with Gasteiger partial charge in [0.05, 0.1) is 6.04 Å². The van der Waals surface area contributed by atoms with Crippen molar-refractivity contribution in [1.82, 2.24) is 14.8 Å². The second kappa shape index (κ2) is 4.63. The molecular weight excluding hydrogens is 298 g/mol. The summed E-state index contributed by atoms with van der Waals surface area (Å²) in [7, 11) is 1.97. The molecule has 3 aliphatic heterocycles. The molecule has 24 heavy (non-hydrogen) atoms. The number of amides is 1. The molecule has 0 unspecified atom stereocenters. The lowest BCUT2D eigenvalue weighted by molar-refractivity contribution is -0.135. The van der Waals surface area contributed by atoms with E-state index in [-0.39, 0.29) is 5.54 Å². The first kappa shape index (κ1) is 14.5. The van der Waals surface area contributed by atoms with E-state index in [1.54, 1.807) is 0 Å². The van der Waals surface area contributed by atoms with Crippen molar-refractivity contribution in [2.24, 2.45) is 5.92 Å². The largest absolute Gasteiger partial charge is 0.357 e. The number of benzene rings is 1. The molecule has 4 nitrogen and oxygen atoms in total. The summed E-state index contributed by atoms with van der Waals surface area (Å²) in [5, 5.41) is 1.33. The Morgan fingerprint density at radius 3 is 2.96 bits per heavy atom. The number of carbonyl (C=O) groups excluding carboxylic acids is 1. The topological polar surface area (TPSA) is 39.3 Å². The fourth-order valence-electron chi connectivity index (χ4n) is 5.77. The highest BCUT2D eigenvalue weighted by Crippen LogP contribution is 2.56. The molecule has 1 aromatic heterocycles. The van der Waals surface area contributed by atoms with E-state index in [9.17, 15) is 4.79 Å². The molecule has 2 aromatic rings. The number of nitrogens with zero attached hydrogens (tertiary/aromatic N) is 2. The summed E-state index contributed by atoms with van der Waals surface area (Å²) in [6.07, 6.45) is 3.28. The Labute approximate surface area is 142 Å². The molecule has 5 rings (SSSR count). The SMILES string of the molecule is Cc1ccc2[nH]c([C@@H]3C[C@H]4CN(C)C(=O)[C@]45CCCN35)c(C)c2c1. The minimum atomic E-state index is -0.209. The maximum Gasteiger partial charge on any atom is 0.243 e. The Balaban J connectivity index is 1.62. The van der Waals surface area contributed by atoms with Crippen molar-refractivity contribution in [2.45, 2.75) is 44.7 Å². The molecule has 1 N–H and O–H groups in total. The van der Waals surface area contributed by atoms with Crippen molar-refractivity contribution in [3.8, 4) is 0 Å². The van der Waals surface area contributed by atoms with Crippen molar-refractivity contribution in [2.75, 3.05) is 20.1 Å². The summed E-state index contributed by atoms with van der Waals surface area (Å²) in [5.41, 5.74) is 5.01. The summed E-state index contributed by atoms with van der Waals surface area (Å²) >= 11 is 0. The van der Waals surface area contributed by atoms with Gasteiger partial charge in [-0.1, -0.05) is 11.6 Å². The second-order valence-electron chi connectivity index (χ2n) is 8.07. The van der Waals surface area contributed by atoms with E-state index in [1.807, 2.05) is 11.9 Å². The number of hydrogen-bond donors (Lipinski definition) is 1. The lowest BCUT2D eigenvalue weighted by Gasteiger charge is -2.33. The zero-order valence-electron chi connectivity index (χ0n) is 14.7. The van der Waals surface area contributed by atoms with Crippen LogP contribution >= 0.6 is 0 Å². The number of aromatic amines is 1. The van der Waals surface area contributed by atoms with Crippen LogP contribution in [-0.2, 0) is 4.79 Å².